The Morgan fingerprint density at radius 3 is 2.58 bits per heavy atom. The van der Waals surface area contributed by atoms with E-state index in [9.17, 15) is 0 Å². The van der Waals surface area contributed by atoms with Gasteiger partial charge in [-0.1, -0.05) is 36.4 Å². The zero-order valence-electron chi connectivity index (χ0n) is 20.0. The van der Waals surface area contributed by atoms with E-state index >= 15 is 0 Å². The highest BCUT2D eigenvalue weighted by molar-refractivity contribution is 14.0. The number of guanidine groups is 1. The maximum atomic E-state index is 6.07. The first kappa shape index (κ1) is 27.2. The summed E-state index contributed by atoms with van der Waals surface area (Å²) in [5.74, 6) is 1.98. The molecule has 33 heavy (non-hydrogen) atoms. The Morgan fingerprint density at radius 2 is 1.85 bits per heavy atom. The summed E-state index contributed by atoms with van der Waals surface area (Å²) in [6.45, 7) is 5.72. The molecule has 8 heteroatoms. The van der Waals surface area contributed by atoms with E-state index in [2.05, 4.69) is 57.5 Å². The summed E-state index contributed by atoms with van der Waals surface area (Å²) in [5, 5.41) is 3.21. The average molecular weight is 568 g/mol. The molecule has 1 heterocycles. The second-order valence-electron chi connectivity index (χ2n) is 8.21. The van der Waals surface area contributed by atoms with Crippen molar-refractivity contribution in [2.24, 2.45) is 10.7 Å². The average Bonchev–Trinajstić information content (AvgIpc) is 2.83. The third-order valence-corrected chi connectivity index (χ3v) is 5.93. The van der Waals surface area contributed by atoms with Crippen molar-refractivity contribution in [2.75, 3.05) is 60.5 Å². The Morgan fingerprint density at radius 1 is 1.09 bits per heavy atom. The summed E-state index contributed by atoms with van der Waals surface area (Å²) < 4.78 is 10.6. The first-order valence-corrected chi connectivity index (χ1v) is 11.3. The molecule has 1 saturated heterocycles. The fraction of sp³-hybridized carbons (Fsp3) is 0.480. The van der Waals surface area contributed by atoms with Crippen LogP contribution in [0.25, 0.3) is 0 Å². The molecular weight excluding hydrogens is 529 g/mol. The van der Waals surface area contributed by atoms with Gasteiger partial charge < -0.3 is 25.4 Å². The lowest BCUT2D eigenvalue weighted by Crippen LogP contribution is -2.47. The van der Waals surface area contributed by atoms with Crippen LogP contribution in [-0.2, 0) is 6.42 Å². The van der Waals surface area contributed by atoms with Crippen LogP contribution in [0.3, 0.4) is 0 Å². The van der Waals surface area contributed by atoms with Crippen molar-refractivity contribution >= 4 is 29.9 Å². The molecule has 1 aliphatic heterocycles. The summed E-state index contributed by atoms with van der Waals surface area (Å²) in [6.07, 6.45) is 1.82. The molecule has 0 saturated carbocycles. The highest BCUT2D eigenvalue weighted by atomic mass is 127. The predicted octanol–water partition coefficient (Wildman–Crippen LogP) is 3.15. The Labute approximate surface area is 215 Å². The highest BCUT2D eigenvalue weighted by Gasteiger charge is 2.25. The van der Waals surface area contributed by atoms with Gasteiger partial charge in [-0.25, -0.2) is 0 Å². The first-order valence-electron chi connectivity index (χ1n) is 11.3. The van der Waals surface area contributed by atoms with Gasteiger partial charge in [-0.2, -0.15) is 0 Å². The van der Waals surface area contributed by atoms with E-state index in [0.717, 1.165) is 69.2 Å². The number of hydrogen-bond donors (Lipinski definition) is 2. The van der Waals surface area contributed by atoms with Crippen LogP contribution < -0.4 is 20.5 Å². The van der Waals surface area contributed by atoms with Gasteiger partial charge >= 0.3 is 0 Å². The lowest BCUT2D eigenvalue weighted by Gasteiger charge is -2.40. The third-order valence-electron chi connectivity index (χ3n) is 5.93. The zero-order chi connectivity index (χ0) is 22.8. The predicted molar refractivity (Wildman–Crippen MR) is 146 cm³/mol. The van der Waals surface area contributed by atoms with Crippen LogP contribution in [0.15, 0.2) is 53.5 Å². The number of likely N-dealkylation sites (N-methyl/N-ethyl adjacent to an activating group) is 1. The minimum Gasteiger partial charge on any atom is -0.493 e. The molecule has 3 N–H and O–H groups in total. The van der Waals surface area contributed by atoms with Crippen molar-refractivity contribution < 1.29 is 9.47 Å². The summed E-state index contributed by atoms with van der Waals surface area (Å²) in [7, 11) is 5.49. The molecule has 0 radical (unpaired) electrons. The fourth-order valence-electron chi connectivity index (χ4n) is 4.12. The Hall–Kier alpha value is -2.04. The topological polar surface area (TPSA) is 75.4 Å². The van der Waals surface area contributed by atoms with Gasteiger partial charge in [0, 0.05) is 45.3 Å². The maximum absolute atomic E-state index is 6.07. The van der Waals surface area contributed by atoms with Gasteiger partial charge in [0.1, 0.15) is 0 Å². The molecule has 7 nitrogen and oxygen atoms in total. The number of piperazine rings is 1. The van der Waals surface area contributed by atoms with Crippen LogP contribution in [0, 0.1) is 0 Å². The highest BCUT2D eigenvalue weighted by Crippen LogP contribution is 2.27. The van der Waals surface area contributed by atoms with Crippen LogP contribution in [0.2, 0.25) is 0 Å². The number of nitrogens with one attached hydrogen (secondary N) is 1. The number of benzene rings is 2. The summed E-state index contributed by atoms with van der Waals surface area (Å²) >= 11 is 0. The number of halogens is 1. The molecular formula is C25H38IN5O2. The number of nitrogens with zero attached hydrogens (tertiary/aromatic N) is 3. The number of hydrogen-bond acceptors (Lipinski definition) is 5. The summed E-state index contributed by atoms with van der Waals surface area (Å²) in [5.41, 5.74) is 8.61. The lowest BCUT2D eigenvalue weighted by molar-refractivity contribution is 0.0894. The standard InChI is InChI=1S/C25H37N5O2.HI/c1-29-16-17-30(22(19-29)21-8-5-4-6-9-21)15-7-13-27-25(26)28-14-12-20-10-11-23(31-2)24(18-20)32-3;/h4-6,8-11,18,22H,7,12-17,19H2,1-3H3,(H3,26,27,28);1H. The van der Waals surface area contributed by atoms with Gasteiger partial charge in [0.2, 0.25) is 0 Å². The Balaban J connectivity index is 0.00000385. The van der Waals surface area contributed by atoms with Gasteiger partial charge in [0.25, 0.3) is 0 Å². The van der Waals surface area contributed by atoms with Gasteiger partial charge in [-0.3, -0.25) is 9.89 Å². The second-order valence-corrected chi connectivity index (χ2v) is 8.21. The molecule has 0 bridgehead atoms. The van der Waals surface area contributed by atoms with Gasteiger partial charge in [0.05, 0.1) is 14.2 Å². The van der Waals surface area contributed by atoms with Crippen LogP contribution in [0.4, 0.5) is 0 Å². The minimum absolute atomic E-state index is 0. The molecule has 1 atom stereocenters. The second kappa shape index (κ2) is 14.3. The largest absolute Gasteiger partial charge is 0.493 e. The summed E-state index contributed by atoms with van der Waals surface area (Å²) in [6, 6.07) is 17.2. The third kappa shape index (κ3) is 8.35. The van der Waals surface area contributed by atoms with Crippen molar-refractivity contribution in [1.82, 2.24) is 15.1 Å². The van der Waals surface area contributed by atoms with E-state index in [1.165, 1.54) is 5.56 Å². The summed E-state index contributed by atoms with van der Waals surface area (Å²) in [4.78, 5) is 9.50. The van der Waals surface area contributed by atoms with Crippen molar-refractivity contribution in [3.63, 3.8) is 0 Å². The van der Waals surface area contributed by atoms with Crippen LogP contribution in [-0.4, -0.2) is 76.3 Å². The SMILES string of the molecule is COc1ccc(CCNC(N)=NCCCN2CCN(C)CC2c2ccccc2)cc1OC.I. The molecule has 1 fully saturated rings. The number of methoxy groups -OCH3 is 2. The van der Waals surface area contributed by atoms with E-state index in [4.69, 9.17) is 15.2 Å². The monoisotopic (exact) mass is 567 g/mol. The smallest absolute Gasteiger partial charge is 0.188 e. The van der Waals surface area contributed by atoms with Crippen molar-refractivity contribution in [2.45, 2.75) is 18.9 Å². The normalized spacial score (nSPS) is 17.3. The van der Waals surface area contributed by atoms with Crippen molar-refractivity contribution in [3.05, 3.63) is 59.7 Å². The van der Waals surface area contributed by atoms with Crippen LogP contribution in [0.1, 0.15) is 23.6 Å². The number of ether oxygens (including phenoxy) is 2. The number of nitrogens with two attached hydrogens (primary N) is 1. The van der Waals surface area contributed by atoms with E-state index in [0.29, 0.717) is 12.0 Å². The van der Waals surface area contributed by atoms with E-state index in [1.54, 1.807) is 14.2 Å². The molecule has 1 unspecified atom stereocenters. The minimum atomic E-state index is 0. The first-order chi connectivity index (χ1) is 15.6. The molecule has 0 amide bonds. The van der Waals surface area contributed by atoms with Crippen molar-refractivity contribution in [3.8, 4) is 11.5 Å². The molecule has 2 aromatic carbocycles. The molecule has 182 valence electrons. The lowest BCUT2D eigenvalue weighted by atomic mass is 10.0. The van der Waals surface area contributed by atoms with Crippen molar-refractivity contribution in [1.29, 1.82) is 0 Å². The van der Waals surface area contributed by atoms with Gasteiger partial charge in [-0.05, 0) is 43.1 Å². The molecule has 2 aromatic rings. The van der Waals surface area contributed by atoms with E-state index in [1.807, 2.05) is 18.2 Å². The molecule has 0 aromatic heterocycles. The molecule has 1 aliphatic rings. The Bertz CT molecular complexity index is 865. The van der Waals surface area contributed by atoms with Crippen LogP contribution >= 0.6 is 24.0 Å². The van der Waals surface area contributed by atoms with Gasteiger partial charge in [0.15, 0.2) is 17.5 Å². The molecule has 0 spiro atoms. The zero-order valence-corrected chi connectivity index (χ0v) is 22.3. The quantitative estimate of drug-likeness (QED) is 0.199. The Kier molecular flexibility index (Phi) is 11.8. The number of aliphatic imine (C=N–C) groups is 1. The molecule has 3 rings (SSSR count). The fourth-order valence-corrected chi connectivity index (χ4v) is 4.12. The maximum Gasteiger partial charge on any atom is 0.188 e. The van der Waals surface area contributed by atoms with E-state index in [-0.39, 0.29) is 24.0 Å². The number of rotatable bonds is 10. The molecule has 0 aliphatic carbocycles. The van der Waals surface area contributed by atoms with E-state index < -0.39 is 0 Å². The van der Waals surface area contributed by atoms with Crippen LogP contribution in [0.5, 0.6) is 11.5 Å². The van der Waals surface area contributed by atoms with Gasteiger partial charge in [-0.15, -0.1) is 24.0 Å².